The van der Waals surface area contributed by atoms with Crippen molar-refractivity contribution in [2.45, 2.75) is 19.8 Å². The fourth-order valence-electron chi connectivity index (χ4n) is 2.55. The summed E-state index contributed by atoms with van der Waals surface area (Å²) in [5, 5.41) is 4.09. The first-order chi connectivity index (χ1) is 10.7. The Kier molecular flexibility index (Phi) is 4.24. The Morgan fingerprint density at radius 1 is 1.09 bits per heavy atom. The summed E-state index contributed by atoms with van der Waals surface area (Å²) in [4.78, 5) is 12.1. The molecule has 1 N–H and O–H groups in total. The van der Waals surface area contributed by atoms with E-state index < -0.39 is 0 Å². The number of hydrogen-bond acceptors (Lipinski definition) is 2. The largest absolute Gasteiger partial charge is 0.461 e. The van der Waals surface area contributed by atoms with E-state index in [0.29, 0.717) is 6.54 Å². The second-order valence-corrected chi connectivity index (χ2v) is 5.42. The minimum atomic E-state index is -0.0114. The molecule has 3 nitrogen and oxygen atoms in total. The molecule has 0 aliphatic rings. The third-order valence-electron chi connectivity index (χ3n) is 3.75. The Labute approximate surface area is 130 Å². The zero-order chi connectivity index (χ0) is 15.4. The van der Waals surface area contributed by atoms with Crippen LogP contribution < -0.4 is 5.32 Å². The van der Waals surface area contributed by atoms with E-state index in [1.807, 2.05) is 55.5 Å². The molecule has 0 radical (unpaired) electrons. The van der Waals surface area contributed by atoms with E-state index in [9.17, 15) is 4.79 Å². The molecule has 0 unspecified atom stereocenters. The van der Waals surface area contributed by atoms with E-state index in [-0.39, 0.29) is 5.91 Å². The van der Waals surface area contributed by atoms with Gasteiger partial charge < -0.3 is 9.73 Å². The maximum absolute atomic E-state index is 12.1. The highest BCUT2D eigenvalue weighted by Crippen LogP contribution is 2.19. The van der Waals surface area contributed by atoms with Gasteiger partial charge in [0.2, 0.25) is 0 Å². The van der Waals surface area contributed by atoms with Crippen molar-refractivity contribution in [3.05, 3.63) is 71.5 Å². The van der Waals surface area contributed by atoms with Crippen molar-refractivity contribution in [1.29, 1.82) is 0 Å². The molecule has 2 aromatic carbocycles. The molecule has 3 aromatic rings. The predicted molar refractivity (Wildman–Crippen MR) is 88.0 cm³/mol. The van der Waals surface area contributed by atoms with Gasteiger partial charge in [0.05, 0.1) is 0 Å². The van der Waals surface area contributed by atoms with Crippen LogP contribution >= 0.6 is 0 Å². The average Bonchev–Trinajstić information content (AvgIpc) is 2.94. The second kappa shape index (κ2) is 6.48. The molecule has 0 atom stereocenters. The third kappa shape index (κ3) is 3.19. The number of aryl methyl sites for hydroxylation is 2. The molecule has 0 spiro atoms. The van der Waals surface area contributed by atoms with Gasteiger partial charge in [0.25, 0.3) is 5.91 Å². The average molecular weight is 293 g/mol. The van der Waals surface area contributed by atoms with Crippen molar-refractivity contribution >= 4 is 16.9 Å². The minimum Gasteiger partial charge on any atom is -0.461 e. The van der Waals surface area contributed by atoms with Crippen LogP contribution in [0.2, 0.25) is 0 Å². The highest BCUT2D eigenvalue weighted by molar-refractivity contribution is 5.95. The van der Waals surface area contributed by atoms with Gasteiger partial charge in [-0.05, 0) is 37.1 Å². The van der Waals surface area contributed by atoms with E-state index in [1.165, 1.54) is 0 Å². The lowest BCUT2D eigenvalue weighted by atomic mass is 10.1. The molecule has 0 saturated carbocycles. The number of carbonyl (C=O) groups is 1. The Hall–Kier alpha value is -2.55. The van der Waals surface area contributed by atoms with E-state index in [0.717, 1.165) is 40.7 Å². The van der Waals surface area contributed by atoms with Gasteiger partial charge in [-0.2, -0.15) is 0 Å². The van der Waals surface area contributed by atoms with E-state index in [1.54, 1.807) is 0 Å². The summed E-state index contributed by atoms with van der Waals surface area (Å²) in [7, 11) is 0. The Morgan fingerprint density at radius 2 is 1.86 bits per heavy atom. The Bertz CT molecular complexity index is 756. The van der Waals surface area contributed by atoms with E-state index in [4.69, 9.17) is 4.42 Å². The van der Waals surface area contributed by atoms with Gasteiger partial charge in [-0.1, -0.05) is 36.4 Å². The zero-order valence-corrected chi connectivity index (χ0v) is 12.6. The summed E-state index contributed by atoms with van der Waals surface area (Å²) in [5.74, 6) is 0.953. The lowest BCUT2D eigenvalue weighted by molar-refractivity contribution is 0.0952. The summed E-state index contributed by atoms with van der Waals surface area (Å²) in [6.07, 6.45) is 1.68. The van der Waals surface area contributed by atoms with Crippen LogP contribution in [0.25, 0.3) is 11.0 Å². The fraction of sp³-hybridized carbons (Fsp3) is 0.211. The first kappa shape index (κ1) is 14.4. The molecule has 0 aliphatic carbocycles. The van der Waals surface area contributed by atoms with Crippen LogP contribution in [0.4, 0.5) is 0 Å². The Morgan fingerprint density at radius 3 is 2.68 bits per heavy atom. The molecule has 0 bridgehead atoms. The Balaban J connectivity index is 1.51. The minimum absolute atomic E-state index is 0.0114. The molecule has 1 aromatic heterocycles. The highest BCUT2D eigenvalue weighted by Gasteiger charge is 2.07. The maximum atomic E-state index is 12.1. The van der Waals surface area contributed by atoms with Gasteiger partial charge in [-0.3, -0.25) is 4.79 Å². The molecule has 22 heavy (non-hydrogen) atoms. The summed E-state index contributed by atoms with van der Waals surface area (Å²) in [6, 6.07) is 17.7. The van der Waals surface area contributed by atoms with Gasteiger partial charge in [0.1, 0.15) is 11.3 Å². The number of carbonyl (C=O) groups excluding carboxylic acids is 1. The van der Waals surface area contributed by atoms with Crippen LogP contribution in [0.1, 0.15) is 28.1 Å². The predicted octanol–water partition coefficient (Wildman–Crippen LogP) is 4.10. The monoisotopic (exact) mass is 293 g/mol. The molecular formula is C19H19NO2. The fourth-order valence-corrected chi connectivity index (χ4v) is 2.55. The van der Waals surface area contributed by atoms with Crippen LogP contribution in [-0.2, 0) is 6.42 Å². The van der Waals surface area contributed by atoms with Gasteiger partial charge in [0.15, 0.2) is 0 Å². The number of hydrogen-bond donors (Lipinski definition) is 1. The summed E-state index contributed by atoms with van der Waals surface area (Å²) < 4.78 is 5.77. The van der Waals surface area contributed by atoms with Crippen molar-refractivity contribution in [2.24, 2.45) is 0 Å². The topological polar surface area (TPSA) is 42.2 Å². The molecule has 3 rings (SSSR count). The van der Waals surface area contributed by atoms with Crippen molar-refractivity contribution in [3.8, 4) is 0 Å². The van der Waals surface area contributed by atoms with Gasteiger partial charge in [-0.15, -0.1) is 0 Å². The van der Waals surface area contributed by atoms with Crippen molar-refractivity contribution in [2.75, 3.05) is 6.54 Å². The first-order valence-electron chi connectivity index (χ1n) is 7.55. The van der Waals surface area contributed by atoms with Gasteiger partial charge in [-0.25, -0.2) is 0 Å². The number of para-hydroxylation sites is 1. The SMILES string of the molecule is Cc1ccccc1C(=O)NCCCc1cc2ccccc2o1. The van der Waals surface area contributed by atoms with Crippen molar-refractivity contribution in [3.63, 3.8) is 0 Å². The zero-order valence-electron chi connectivity index (χ0n) is 12.6. The lowest BCUT2D eigenvalue weighted by Gasteiger charge is -2.06. The third-order valence-corrected chi connectivity index (χ3v) is 3.75. The molecule has 0 saturated heterocycles. The van der Waals surface area contributed by atoms with Crippen LogP contribution in [0.5, 0.6) is 0 Å². The van der Waals surface area contributed by atoms with Gasteiger partial charge in [0, 0.05) is 23.9 Å². The van der Waals surface area contributed by atoms with Crippen molar-refractivity contribution < 1.29 is 9.21 Å². The number of rotatable bonds is 5. The van der Waals surface area contributed by atoms with Crippen LogP contribution in [0.3, 0.4) is 0 Å². The maximum Gasteiger partial charge on any atom is 0.251 e. The summed E-state index contributed by atoms with van der Waals surface area (Å²) in [5.41, 5.74) is 2.66. The number of nitrogens with one attached hydrogen (secondary N) is 1. The van der Waals surface area contributed by atoms with Crippen LogP contribution in [0, 0.1) is 6.92 Å². The quantitative estimate of drug-likeness (QED) is 0.719. The second-order valence-electron chi connectivity index (χ2n) is 5.42. The van der Waals surface area contributed by atoms with Gasteiger partial charge >= 0.3 is 0 Å². The lowest BCUT2D eigenvalue weighted by Crippen LogP contribution is -2.25. The smallest absolute Gasteiger partial charge is 0.251 e. The molecule has 1 amide bonds. The highest BCUT2D eigenvalue weighted by atomic mass is 16.3. The normalized spacial score (nSPS) is 10.8. The standard InChI is InChI=1S/C19H19NO2/c1-14-7-2-4-10-17(14)19(21)20-12-6-9-16-13-15-8-3-5-11-18(15)22-16/h2-5,7-8,10-11,13H,6,9,12H2,1H3,(H,20,21). The number of fused-ring (bicyclic) bond motifs is 1. The molecule has 0 fully saturated rings. The first-order valence-corrected chi connectivity index (χ1v) is 7.55. The van der Waals surface area contributed by atoms with Crippen LogP contribution in [-0.4, -0.2) is 12.5 Å². The molecular weight excluding hydrogens is 274 g/mol. The number of benzene rings is 2. The van der Waals surface area contributed by atoms with Crippen molar-refractivity contribution in [1.82, 2.24) is 5.32 Å². The van der Waals surface area contributed by atoms with E-state index in [2.05, 4.69) is 11.4 Å². The summed E-state index contributed by atoms with van der Waals surface area (Å²) in [6.45, 7) is 2.59. The summed E-state index contributed by atoms with van der Waals surface area (Å²) >= 11 is 0. The van der Waals surface area contributed by atoms with Crippen LogP contribution in [0.15, 0.2) is 59.0 Å². The molecule has 112 valence electrons. The number of furan rings is 1. The molecule has 3 heteroatoms. The number of amides is 1. The molecule has 0 aliphatic heterocycles. The van der Waals surface area contributed by atoms with E-state index >= 15 is 0 Å². The molecule has 1 heterocycles.